The largest absolute Gasteiger partial charge is 0.489 e. The maximum atomic E-state index is 12.5. The van der Waals surface area contributed by atoms with Crippen molar-refractivity contribution in [3.63, 3.8) is 0 Å². The van der Waals surface area contributed by atoms with Crippen molar-refractivity contribution in [1.82, 2.24) is 0 Å². The minimum atomic E-state index is -0.729. The van der Waals surface area contributed by atoms with Crippen LogP contribution in [0.15, 0.2) is 63.8 Å². The highest BCUT2D eigenvalue weighted by Crippen LogP contribution is 2.31. The van der Waals surface area contributed by atoms with Crippen LogP contribution in [0.25, 0.3) is 21.9 Å². The minimum Gasteiger partial charge on any atom is -0.489 e. The van der Waals surface area contributed by atoms with Crippen molar-refractivity contribution >= 4 is 27.9 Å². The van der Waals surface area contributed by atoms with E-state index in [-0.39, 0.29) is 18.0 Å². The van der Waals surface area contributed by atoms with Gasteiger partial charge in [0.25, 0.3) is 0 Å². The Morgan fingerprint density at radius 2 is 1.88 bits per heavy atom. The Morgan fingerprint density at radius 1 is 1.12 bits per heavy atom. The first kappa shape index (κ1) is 15.4. The van der Waals surface area contributed by atoms with Crippen LogP contribution in [0.4, 0.5) is 0 Å². The Hall–Kier alpha value is -3.08. The third kappa shape index (κ3) is 2.67. The molecule has 0 N–H and O–H groups in total. The van der Waals surface area contributed by atoms with Gasteiger partial charge in [0.1, 0.15) is 29.1 Å². The first-order valence-corrected chi connectivity index (χ1v) is 7.95. The van der Waals surface area contributed by atoms with Crippen LogP contribution in [0.2, 0.25) is 0 Å². The number of carbonyl (C=O) groups excluding carboxylic acids is 1. The highest BCUT2D eigenvalue weighted by molar-refractivity contribution is 5.91. The molecule has 25 heavy (non-hydrogen) atoms. The molecule has 1 atom stereocenters. The number of esters is 1. The zero-order valence-corrected chi connectivity index (χ0v) is 13.7. The van der Waals surface area contributed by atoms with E-state index in [0.29, 0.717) is 39.7 Å². The second-order valence-corrected chi connectivity index (χ2v) is 6.49. The number of para-hydroxylation sites is 1. The molecule has 1 aromatic heterocycles. The quantitative estimate of drug-likeness (QED) is 0.415. The normalized spacial score (nSPS) is 20.2. The molecular weight excluding hydrogens is 320 g/mol. The van der Waals surface area contributed by atoms with Crippen LogP contribution in [-0.2, 0) is 9.53 Å². The number of cyclic esters (lactones) is 1. The van der Waals surface area contributed by atoms with Crippen molar-refractivity contribution in [2.45, 2.75) is 18.9 Å². The number of ether oxygens (including phenoxy) is 2. The van der Waals surface area contributed by atoms with Gasteiger partial charge in [0.2, 0.25) is 5.43 Å². The molecule has 5 nitrogen and oxygen atoms in total. The van der Waals surface area contributed by atoms with Crippen molar-refractivity contribution in [3.8, 4) is 5.75 Å². The average molecular weight is 336 g/mol. The molecule has 0 radical (unpaired) electrons. The number of benzene rings is 2. The summed E-state index contributed by atoms with van der Waals surface area (Å²) in [5.74, 6) is 0.155. The van der Waals surface area contributed by atoms with Crippen molar-refractivity contribution in [2.75, 3.05) is 6.61 Å². The van der Waals surface area contributed by atoms with Crippen LogP contribution >= 0.6 is 0 Å². The van der Waals surface area contributed by atoms with Gasteiger partial charge in [-0.1, -0.05) is 18.7 Å². The van der Waals surface area contributed by atoms with Gasteiger partial charge >= 0.3 is 5.97 Å². The molecule has 1 saturated heterocycles. The highest BCUT2D eigenvalue weighted by Gasteiger charge is 2.39. The topological polar surface area (TPSA) is 65.7 Å². The maximum absolute atomic E-state index is 12.5. The summed E-state index contributed by atoms with van der Waals surface area (Å²) in [6.07, 6.45) is 0.430. The van der Waals surface area contributed by atoms with Crippen molar-refractivity contribution in [1.29, 1.82) is 0 Å². The predicted octanol–water partition coefficient (Wildman–Crippen LogP) is 3.59. The van der Waals surface area contributed by atoms with Crippen LogP contribution < -0.4 is 10.2 Å². The lowest BCUT2D eigenvalue weighted by Crippen LogP contribution is -2.32. The summed E-state index contributed by atoms with van der Waals surface area (Å²) in [5, 5.41) is 1.05. The molecule has 4 rings (SSSR count). The van der Waals surface area contributed by atoms with Gasteiger partial charge in [-0.3, -0.25) is 4.79 Å². The zero-order chi connectivity index (χ0) is 17.6. The lowest BCUT2D eigenvalue weighted by molar-refractivity contribution is -0.147. The van der Waals surface area contributed by atoms with Gasteiger partial charge < -0.3 is 13.9 Å². The van der Waals surface area contributed by atoms with E-state index < -0.39 is 5.60 Å². The van der Waals surface area contributed by atoms with E-state index in [0.717, 1.165) is 0 Å². The smallest absolute Gasteiger partial charge is 0.334 e. The summed E-state index contributed by atoms with van der Waals surface area (Å²) < 4.78 is 16.9. The summed E-state index contributed by atoms with van der Waals surface area (Å²) in [7, 11) is 0. The van der Waals surface area contributed by atoms with Crippen molar-refractivity contribution in [2.24, 2.45) is 0 Å². The highest BCUT2D eigenvalue weighted by atomic mass is 16.6. The number of fused-ring (bicyclic) bond motifs is 2. The molecule has 1 aliphatic rings. The number of hydrogen-bond donors (Lipinski definition) is 0. The van der Waals surface area contributed by atoms with E-state index >= 15 is 0 Å². The lowest BCUT2D eigenvalue weighted by atomic mass is 10.0. The lowest BCUT2D eigenvalue weighted by Gasteiger charge is -2.22. The second kappa shape index (κ2) is 5.48. The van der Waals surface area contributed by atoms with Crippen molar-refractivity contribution < 1.29 is 18.7 Å². The predicted molar refractivity (Wildman–Crippen MR) is 93.7 cm³/mol. The molecule has 2 heterocycles. The summed E-state index contributed by atoms with van der Waals surface area (Å²) >= 11 is 0. The Kier molecular flexibility index (Phi) is 3.39. The summed E-state index contributed by atoms with van der Waals surface area (Å²) in [6, 6.07) is 12.2. The molecule has 1 aliphatic heterocycles. The molecule has 5 heteroatoms. The van der Waals surface area contributed by atoms with E-state index in [1.54, 1.807) is 43.3 Å². The van der Waals surface area contributed by atoms with Gasteiger partial charge in [0.05, 0.1) is 10.8 Å². The Labute approximate surface area is 143 Å². The van der Waals surface area contributed by atoms with E-state index in [1.807, 2.05) is 6.07 Å². The van der Waals surface area contributed by atoms with Gasteiger partial charge in [-0.25, -0.2) is 4.79 Å². The van der Waals surface area contributed by atoms with E-state index in [9.17, 15) is 9.59 Å². The van der Waals surface area contributed by atoms with Gasteiger partial charge in [-0.2, -0.15) is 0 Å². The van der Waals surface area contributed by atoms with Crippen LogP contribution in [-0.4, -0.2) is 18.2 Å². The Balaban J connectivity index is 1.65. The van der Waals surface area contributed by atoms with Crippen molar-refractivity contribution in [3.05, 3.63) is 64.8 Å². The second-order valence-electron chi connectivity index (χ2n) is 6.49. The van der Waals surface area contributed by atoms with Gasteiger partial charge in [0, 0.05) is 18.1 Å². The third-order valence-electron chi connectivity index (χ3n) is 4.31. The fraction of sp³-hybridized carbons (Fsp3) is 0.200. The van der Waals surface area contributed by atoms with Gasteiger partial charge in [0.15, 0.2) is 0 Å². The number of carbonyl (C=O) groups is 1. The summed E-state index contributed by atoms with van der Waals surface area (Å²) in [6.45, 7) is 5.68. The molecule has 0 saturated carbocycles. The molecule has 0 aliphatic carbocycles. The fourth-order valence-electron chi connectivity index (χ4n) is 3.04. The van der Waals surface area contributed by atoms with E-state index in [4.69, 9.17) is 13.9 Å². The Bertz CT molecular complexity index is 1060. The SMILES string of the molecule is C=C1CC(C)(COc2ccc3c(=O)c4ccccc4oc3c2)OC1=O. The summed E-state index contributed by atoms with van der Waals surface area (Å²) in [4.78, 5) is 24.0. The molecule has 2 aromatic carbocycles. The van der Waals surface area contributed by atoms with Gasteiger partial charge in [-0.05, 0) is 31.2 Å². The molecule has 0 bridgehead atoms. The fourth-order valence-corrected chi connectivity index (χ4v) is 3.04. The van der Waals surface area contributed by atoms with E-state index in [1.165, 1.54) is 0 Å². The standard InChI is InChI=1S/C20H16O5/c1-12-10-20(2,25-19(12)22)11-23-13-7-8-15-17(9-13)24-16-6-4-3-5-14(16)18(15)21/h3-9H,1,10-11H2,2H3. The molecule has 0 spiro atoms. The molecule has 1 fully saturated rings. The number of rotatable bonds is 3. The van der Waals surface area contributed by atoms with Crippen LogP contribution in [0.5, 0.6) is 5.75 Å². The number of hydrogen-bond acceptors (Lipinski definition) is 5. The first-order chi connectivity index (χ1) is 12.0. The molecule has 126 valence electrons. The van der Waals surface area contributed by atoms with Gasteiger partial charge in [-0.15, -0.1) is 0 Å². The molecule has 1 unspecified atom stereocenters. The zero-order valence-electron chi connectivity index (χ0n) is 13.7. The van der Waals surface area contributed by atoms with Crippen LogP contribution in [0.3, 0.4) is 0 Å². The molecule has 3 aromatic rings. The summed E-state index contributed by atoms with van der Waals surface area (Å²) in [5.41, 5.74) is 0.635. The molecular formula is C20H16O5. The minimum absolute atomic E-state index is 0.0728. The first-order valence-electron chi connectivity index (χ1n) is 7.95. The molecule has 0 amide bonds. The Morgan fingerprint density at radius 3 is 2.64 bits per heavy atom. The average Bonchev–Trinajstić information content (AvgIpc) is 2.86. The van der Waals surface area contributed by atoms with Crippen LogP contribution in [0, 0.1) is 0 Å². The monoisotopic (exact) mass is 336 g/mol. The third-order valence-corrected chi connectivity index (χ3v) is 4.31. The maximum Gasteiger partial charge on any atom is 0.334 e. The van der Waals surface area contributed by atoms with Crippen LogP contribution in [0.1, 0.15) is 13.3 Å². The van der Waals surface area contributed by atoms with E-state index in [2.05, 4.69) is 6.58 Å².